The Morgan fingerprint density at radius 1 is 1.64 bits per heavy atom. The van der Waals surface area contributed by atoms with Crippen molar-refractivity contribution in [1.82, 2.24) is 0 Å². The third-order valence-corrected chi connectivity index (χ3v) is 3.90. The van der Waals surface area contributed by atoms with Gasteiger partial charge in [0.05, 0.1) is 0 Å². The van der Waals surface area contributed by atoms with E-state index < -0.39 is 11.4 Å². The van der Waals surface area contributed by atoms with Gasteiger partial charge in [-0.15, -0.1) is 0 Å². The minimum atomic E-state index is -0.732. The molecule has 2 unspecified atom stereocenters. The second kappa shape index (κ2) is 3.09. The average Bonchev–Trinajstić information content (AvgIpc) is 2.79. The number of carbonyl (C=O) groups is 1. The zero-order chi connectivity index (χ0) is 10.3. The highest BCUT2D eigenvalue weighted by molar-refractivity contribution is 9.09. The van der Waals surface area contributed by atoms with Gasteiger partial charge in [0.15, 0.2) is 0 Å². The first-order chi connectivity index (χ1) is 6.57. The molecule has 0 heterocycles. The Morgan fingerprint density at radius 3 is 2.71 bits per heavy atom. The van der Waals surface area contributed by atoms with Gasteiger partial charge in [-0.05, 0) is 18.9 Å². The highest BCUT2D eigenvalue weighted by atomic mass is 79.9. The maximum atomic E-state index is 11.2. The van der Waals surface area contributed by atoms with Crippen molar-refractivity contribution in [2.45, 2.75) is 23.6 Å². The fraction of sp³-hybridized carbons (Fsp3) is 0.364. The first-order valence-electron chi connectivity index (χ1n) is 4.52. The summed E-state index contributed by atoms with van der Waals surface area (Å²) >= 11 is 3.39. The number of alkyl halides is 1. The second-order valence-electron chi connectivity index (χ2n) is 3.82. The summed E-state index contributed by atoms with van der Waals surface area (Å²) < 4.78 is 0. The molecule has 14 heavy (non-hydrogen) atoms. The van der Waals surface area contributed by atoms with E-state index in [-0.39, 0.29) is 4.83 Å². The van der Waals surface area contributed by atoms with Crippen LogP contribution in [0.25, 0.3) is 0 Å². The largest absolute Gasteiger partial charge is 0.481 e. The molecule has 1 fully saturated rings. The third kappa shape index (κ3) is 1.27. The van der Waals surface area contributed by atoms with Crippen LogP contribution in [-0.2, 0) is 10.2 Å². The lowest BCUT2D eigenvalue weighted by atomic mass is 9.95. The van der Waals surface area contributed by atoms with Gasteiger partial charge in [-0.2, -0.15) is 0 Å². The Labute approximate surface area is 91.1 Å². The Balaban J connectivity index is 2.44. The molecule has 0 spiro atoms. The van der Waals surface area contributed by atoms with Crippen molar-refractivity contribution in [3.8, 4) is 0 Å². The molecule has 1 aromatic rings. The number of rotatable bonds is 2. The van der Waals surface area contributed by atoms with Gasteiger partial charge >= 0.3 is 5.97 Å². The third-order valence-electron chi connectivity index (χ3n) is 2.79. The SMILES string of the molecule is Cc1cccc(C2(C(=O)O)CC2Br)c1. The first-order valence-corrected chi connectivity index (χ1v) is 5.43. The van der Waals surface area contributed by atoms with Gasteiger partial charge in [0.2, 0.25) is 0 Å². The number of aryl methyl sites for hydroxylation is 1. The predicted octanol–water partition coefficient (Wildman–Crippen LogP) is 2.48. The second-order valence-corrected chi connectivity index (χ2v) is 4.92. The molecule has 0 aliphatic heterocycles. The number of aliphatic carboxylic acids is 1. The standard InChI is InChI=1S/C11H11BrO2/c1-7-3-2-4-8(5-7)11(10(13)14)6-9(11)12/h2-5,9H,6H2,1H3,(H,13,14). The van der Waals surface area contributed by atoms with Crippen LogP contribution < -0.4 is 0 Å². The van der Waals surface area contributed by atoms with Crippen LogP contribution in [0.2, 0.25) is 0 Å². The molecule has 0 saturated heterocycles. The molecule has 0 amide bonds. The van der Waals surface area contributed by atoms with Crippen LogP contribution in [0, 0.1) is 6.92 Å². The summed E-state index contributed by atoms with van der Waals surface area (Å²) in [5.74, 6) is -0.732. The van der Waals surface area contributed by atoms with Crippen molar-refractivity contribution in [1.29, 1.82) is 0 Å². The van der Waals surface area contributed by atoms with Crippen molar-refractivity contribution < 1.29 is 9.90 Å². The summed E-state index contributed by atoms with van der Waals surface area (Å²) in [6.07, 6.45) is 0.686. The van der Waals surface area contributed by atoms with E-state index >= 15 is 0 Å². The van der Waals surface area contributed by atoms with Gasteiger partial charge in [-0.1, -0.05) is 45.8 Å². The fourth-order valence-electron chi connectivity index (χ4n) is 1.79. The average molecular weight is 255 g/mol. The zero-order valence-electron chi connectivity index (χ0n) is 7.83. The zero-order valence-corrected chi connectivity index (χ0v) is 9.41. The smallest absolute Gasteiger partial charge is 0.315 e. The van der Waals surface area contributed by atoms with Crippen LogP contribution in [0.15, 0.2) is 24.3 Å². The van der Waals surface area contributed by atoms with Crippen molar-refractivity contribution >= 4 is 21.9 Å². The summed E-state index contributed by atoms with van der Waals surface area (Å²) in [4.78, 5) is 11.3. The maximum absolute atomic E-state index is 11.2. The Hall–Kier alpha value is -0.830. The molecule has 3 heteroatoms. The number of hydrogen-bond acceptors (Lipinski definition) is 1. The van der Waals surface area contributed by atoms with Crippen LogP contribution in [0.3, 0.4) is 0 Å². The van der Waals surface area contributed by atoms with Gasteiger partial charge in [0.25, 0.3) is 0 Å². The van der Waals surface area contributed by atoms with Gasteiger partial charge in [0, 0.05) is 4.83 Å². The van der Waals surface area contributed by atoms with E-state index in [2.05, 4.69) is 15.9 Å². The van der Waals surface area contributed by atoms with E-state index in [9.17, 15) is 9.90 Å². The molecule has 1 aliphatic carbocycles. The molecule has 2 rings (SSSR count). The maximum Gasteiger partial charge on any atom is 0.315 e. The lowest BCUT2D eigenvalue weighted by Crippen LogP contribution is -2.22. The van der Waals surface area contributed by atoms with E-state index in [1.807, 2.05) is 31.2 Å². The molecule has 74 valence electrons. The quantitative estimate of drug-likeness (QED) is 0.824. The van der Waals surface area contributed by atoms with E-state index in [0.29, 0.717) is 6.42 Å². The van der Waals surface area contributed by atoms with Crippen molar-refractivity contribution in [3.05, 3.63) is 35.4 Å². The van der Waals surface area contributed by atoms with Crippen LogP contribution in [0.1, 0.15) is 17.5 Å². The van der Waals surface area contributed by atoms with Crippen LogP contribution in [0.5, 0.6) is 0 Å². The Morgan fingerprint density at radius 2 is 2.29 bits per heavy atom. The van der Waals surface area contributed by atoms with Gasteiger partial charge in [-0.25, -0.2) is 0 Å². The molecular formula is C11H11BrO2. The molecule has 2 nitrogen and oxygen atoms in total. The molecule has 0 radical (unpaired) electrons. The topological polar surface area (TPSA) is 37.3 Å². The molecule has 1 saturated carbocycles. The lowest BCUT2D eigenvalue weighted by molar-refractivity contribution is -0.139. The summed E-state index contributed by atoms with van der Waals surface area (Å²) in [7, 11) is 0. The first kappa shape index (κ1) is 9.71. The molecular weight excluding hydrogens is 244 g/mol. The van der Waals surface area contributed by atoms with E-state index in [4.69, 9.17) is 0 Å². The lowest BCUT2D eigenvalue weighted by Gasteiger charge is -2.11. The van der Waals surface area contributed by atoms with Crippen molar-refractivity contribution in [3.63, 3.8) is 0 Å². The normalized spacial score (nSPS) is 30.0. The highest BCUT2D eigenvalue weighted by Crippen LogP contribution is 2.53. The van der Waals surface area contributed by atoms with Crippen LogP contribution >= 0.6 is 15.9 Å². The summed E-state index contributed by atoms with van der Waals surface area (Å²) in [6.45, 7) is 1.98. The molecule has 2 atom stereocenters. The molecule has 1 aliphatic rings. The Bertz CT molecular complexity index is 389. The van der Waals surface area contributed by atoms with Gasteiger partial charge in [-0.3, -0.25) is 4.79 Å². The van der Waals surface area contributed by atoms with Crippen molar-refractivity contribution in [2.24, 2.45) is 0 Å². The summed E-state index contributed by atoms with van der Waals surface area (Å²) in [5, 5.41) is 9.19. The number of carboxylic acids is 1. The number of halogens is 1. The summed E-state index contributed by atoms with van der Waals surface area (Å²) in [5.41, 5.74) is 1.34. The monoisotopic (exact) mass is 254 g/mol. The fourth-order valence-corrected chi connectivity index (χ4v) is 2.76. The van der Waals surface area contributed by atoms with E-state index in [1.54, 1.807) is 0 Å². The molecule has 0 aromatic heterocycles. The number of carboxylic acid groups (broad SMARTS) is 1. The molecule has 0 bridgehead atoms. The number of benzene rings is 1. The van der Waals surface area contributed by atoms with Gasteiger partial charge < -0.3 is 5.11 Å². The molecule has 1 aromatic carbocycles. The number of hydrogen-bond donors (Lipinski definition) is 1. The van der Waals surface area contributed by atoms with Gasteiger partial charge in [0.1, 0.15) is 5.41 Å². The van der Waals surface area contributed by atoms with Crippen molar-refractivity contribution in [2.75, 3.05) is 0 Å². The summed E-state index contributed by atoms with van der Waals surface area (Å²) in [6, 6.07) is 7.73. The highest BCUT2D eigenvalue weighted by Gasteiger charge is 2.60. The Kier molecular flexibility index (Phi) is 2.14. The minimum Gasteiger partial charge on any atom is -0.481 e. The van der Waals surface area contributed by atoms with E-state index in [1.165, 1.54) is 0 Å². The van der Waals surface area contributed by atoms with Crippen LogP contribution in [-0.4, -0.2) is 15.9 Å². The van der Waals surface area contributed by atoms with Crippen LogP contribution in [0.4, 0.5) is 0 Å². The predicted molar refractivity (Wildman–Crippen MR) is 57.8 cm³/mol. The van der Waals surface area contributed by atoms with E-state index in [0.717, 1.165) is 11.1 Å². The molecule has 1 N–H and O–H groups in total. The minimum absolute atomic E-state index is 0.0781.